The third-order valence-corrected chi connectivity index (χ3v) is 7.64. The molecule has 1 nitrogen and oxygen atoms in total. The van der Waals surface area contributed by atoms with Gasteiger partial charge in [0.25, 0.3) is 0 Å². The van der Waals surface area contributed by atoms with Crippen LogP contribution in [-0.2, 0) is 10.8 Å². The first-order chi connectivity index (χ1) is 16.1. The van der Waals surface area contributed by atoms with E-state index < -0.39 is 0 Å². The van der Waals surface area contributed by atoms with Crippen molar-refractivity contribution < 1.29 is 4.42 Å². The van der Waals surface area contributed by atoms with Gasteiger partial charge in [-0.2, -0.15) is 0 Å². The molecular weight excluding hydrogens is 432 g/mol. The first-order valence-electron chi connectivity index (χ1n) is 12.0. The van der Waals surface area contributed by atoms with E-state index in [0.717, 1.165) is 11.2 Å². The Hall–Kier alpha value is -3.10. The average molecular weight is 465 g/mol. The van der Waals surface area contributed by atoms with Crippen LogP contribution in [0.15, 0.2) is 89.3 Å². The molecule has 0 amide bonds. The van der Waals surface area contributed by atoms with Crippen molar-refractivity contribution in [3.05, 3.63) is 96.1 Å². The zero-order valence-electron chi connectivity index (χ0n) is 20.9. The summed E-state index contributed by atoms with van der Waals surface area (Å²) in [5.74, 6) is 0. The Morgan fingerprint density at radius 3 is 1.79 bits per heavy atom. The van der Waals surface area contributed by atoms with Crippen LogP contribution in [0.2, 0.25) is 0 Å². The summed E-state index contributed by atoms with van der Waals surface area (Å²) in [7, 11) is 0. The Balaban J connectivity index is 0.000000142. The second-order valence-corrected chi connectivity index (χ2v) is 12.1. The molecule has 2 aromatic heterocycles. The number of benzene rings is 4. The van der Waals surface area contributed by atoms with E-state index in [4.69, 9.17) is 4.42 Å². The molecule has 172 valence electrons. The highest BCUT2D eigenvalue weighted by Crippen LogP contribution is 2.40. The van der Waals surface area contributed by atoms with E-state index in [2.05, 4.69) is 114 Å². The molecule has 0 radical (unpaired) electrons. The van der Waals surface area contributed by atoms with Crippen molar-refractivity contribution in [2.75, 3.05) is 0 Å². The number of fused-ring (bicyclic) bond motifs is 6. The summed E-state index contributed by atoms with van der Waals surface area (Å²) in [6.07, 6.45) is 0. The average Bonchev–Trinajstić information content (AvgIpc) is 3.36. The molecule has 0 aliphatic rings. The summed E-state index contributed by atoms with van der Waals surface area (Å²) in [4.78, 5) is 0. The van der Waals surface area contributed by atoms with Crippen LogP contribution >= 0.6 is 11.3 Å². The van der Waals surface area contributed by atoms with Gasteiger partial charge in [0.1, 0.15) is 11.2 Å². The maximum Gasteiger partial charge on any atom is 0.139 e. The van der Waals surface area contributed by atoms with Gasteiger partial charge in [-0.3, -0.25) is 0 Å². The van der Waals surface area contributed by atoms with Crippen molar-refractivity contribution in [2.45, 2.75) is 52.4 Å². The minimum Gasteiger partial charge on any atom is -0.456 e. The lowest BCUT2D eigenvalue weighted by Gasteiger charge is -2.19. The fourth-order valence-corrected chi connectivity index (χ4v) is 6.10. The number of hydrogen-bond acceptors (Lipinski definition) is 2. The van der Waals surface area contributed by atoms with Crippen LogP contribution < -0.4 is 0 Å². The Morgan fingerprint density at radius 2 is 1.09 bits per heavy atom. The fourth-order valence-electron chi connectivity index (χ4n) is 4.68. The molecule has 0 aliphatic carbocycles. The predicted octanol–water partition coefficient (Wildman–Crippen LogP) is 10.2. The number of thiophene rings is 1. The van der Waals surface area contributed by atoms with E-state index in [1.165, 1.54) is 42.1 Å². The van der Waals surface area contributed by atoms with Gasteiger partial charge in [-0.1, -0.05) is 114 Å². The largest absolute Gasteiger partial charge is 0.456 e. The van der Waals surface area contributed by atoms with Gasteiger partial charge in [-0.05, 0) is 28.5 Å². The Labute approximate surface area is 206 Å². The molecule has 0 fully saturated rings. The Kier molecular flexibility index (Phi) is 5.53. The van der Waals surface area contributed by atoms with Gasteiger partial charge in [0, 0.05) is 36.5 Å². The van der Waals surface area contributed by atoms with Crippen molar-refractivity contribution in [1.29, 1.82) is 0 Å². The van der Waals surface area contributed by atoms with E-state index in [-0.39, 0.29) is 10.8 Å². The lowest BCUT2D eigenvalue weighted by molar-refractivity contribution is 0.573. The van der Waals surface area contributed by atoms with Gasteiger partial charge in [-0.25, -0.2) is 0 Å². The number of furan rings is 1. The van der Waals surface area contributed by atoms with Gasteiger partial charge in [-0.15, -0.1) is 11.3 Å². The minimum absolute atomic E-state index is 0.105. The van der Waals surface area contributed by atoms with Gasteiger partial charge in [0.2, 0.25) is 0 Å². The van der Waals surface area contributed by atoms with Crippen molar-refractivity contribution in [3.8, 4) is 0 Å². The minimum atomic E-state index is 0.105. The molecular formula is C32H32OS. The maximum absolute atomic E-state index is 6.01. The highest BCUT2D eigenvalue weighted by molar-refractivity contribution is 7.26. The SMILES string of the molecule is CC(C)(C)c1cccc2c1oc1ccccc12.CC(C)(C)c1cccc2c1sc1ccccc12. The molecule has 0 spiro atoms. The summed E-state index contributed by atoms with van der Waals surface area (Å²) in [5.41, 5.74) is 5.04. The topological polar surface area (TPSA) is 13.1 Å². The quantitative estimate of drug-likeness (QED) is 0.218. The summed E-state index contributed by atoms with van der Waals surface area (Å²) in [6.45, 7) is 13.5. The van der Waals surface area contributed by atoms with Gasteiger partial charge < -0.3 is 4.42 Å². The molecule has 6 rings (SSSR count). The molecule has 0 atom stereocenters. The first kappa shape index (κ1) is 22.7. The molecule has 34 heavy (non-hydrogen) atoms. The standard InChI is InChI=1S/C16H16O.C16H16S/c2*1-16(2,3)13-9-6-8-12-11-7-4-5-10-14(11)17-15(12)13/h2*4-10H,1-3H3. The van der Waals surface area contributed by atoms with E-state index in [0.29, 0.717) is 0 Å². The van der Waals surface area contributed by atoms with Crippen LogP contribution in [0.25, 0.3) is 42.1 Å². The highest BCUT2D eigenvalue weighted by atomic mass is 32.1. The predicted molar refractivity (Wildman–Crippen MR) is 150 cm³/mol. The van der Waals surface area contributed by atoms with Crippen molar-refractivity contribution in [2.24, 2.45) is 0 Å². The van der Waals surface area contributed by atoms with Crippen molar-refractivity contribution in [1.82, 2.24) is 0 Å². The monoisotopic (exact) mass is 464 g/mol. The third kappa shape index (κ3) is 4.01. The normalized spacial score (nSPS) is 12.4. The lowest BCUT2D eigenvalue weighted by Crippen LogP contribution is -2.10. The Morgan fingerprint density at radius 1 is 0.529 bits per heavy atom. The number of rotatable bonds is 0. The molecule has 2 heterocycles. The Bertz CT molecular complexity index is 1490. The van der Waals surface area contributed by atoms with E-state index in [9.17, 15) is 0 Å². The van der Waals surface area contributed by atoms with Crippen molar-refractivity contribution in [3.63, 3.8) is 0 Å². The fraction of sp³-hybridized carbons (Fsp3) is 0.250. The zero-order valence-corrected chi connectivity index (χ0v) is 21.7. The molecule has 0 aliphatic heterocycles. The summed E-state index contributed by atoms with van der Waals surface area (Å²) in [5, 5.41) is 5.21. The summed E-state index contributed by atoms with van der Waals surface area (Å²) >= 11 is 1.92. The molecule has 0 saturated carbocycles. The molecule has 0 saturated heterocycles. The van der Waals surface area contributed by atoms with Crippen LogP contribution in [0.3, 0.4) is 0 Å². The molecule has 6 aromatic rings. The van der Waals surface area contributed by atoms with Crippen LogP contribution in [0.4, 0.5) is 0 Å². The highest BCUT2D eigenvalue weighted by Gasteiger charge is 2.20. The lowest BCUT2D eigenvalue weighted by atomic mass is 9.86. The van der Waals surface area contributed by atoms with Crippen molar-refractivity contribution >= 4 is 53.4 Å². The van der Waals surface area contributed by atoms with Crippen LogP contribution in [-0.4, -0.2) is 0 Å². The third-order valence-electron chi connectivity index (χ3n) is 6.42. The van der Waals surface area contributed by atoms with E-state index >= 15 is 0 Å². The molecule has 2 heteroatoms. The number of para-hydroxylation sites is 2. The molecule has 0 unspecified atom stereocenters. The van der Waals surface area contributed by atoms with Gasteiger partial charge >= 0.3 is 0 Å². The first-order valence-corrected chi connectivity index (χ1v) is 12.8. The smallest absolute Gasteiger partial charge is 0.139 e. The molecule has 0 N–H and O–H groups in total. The second-order valence-electron chi connectivity index (χ2n) is 11.1. The van der Waals surface area contributed by atoms with Crippen LogP contribution in [0.1, 0.15) is 52.7 Å². The van der Waals surface area contributed by atoms with Gasteiger partial charge in [0.05, 0.1) is 0 Å². The van der Waals surface area contributed by atoms with Gasteiger partial charge in [0.15, 0.2) is 0 Å². The zero-order chi connectivity index (χ0) is 24.1. The maximum atomic E-state index is 6.01. The second kappa shape index (κ2) is 8.29. The van der Waals surface area contributed by atoms with E-state index in [1.54, 1.807) is 0 Å². The van der Waals surface area contributed by atoms with E-state index in [1.807, 2.05) is 23.5 Å². The summed E-state index contributed by atoms with van der Waals surface area (Å²) < 4.78 is 8.84. The van der Waals surface area contributed by atoms with Crippen LogP contribution in [0.5, 0.6) is 0 Å². The molecule has 4 aromatic carbocycles. The summed E-state index contributed by atoms with van der Waals surface area (Å²) in [6, 6.07) is 30.0. The molecule has 0 bridgehead atoms. The van der Waals surface area contributed by atoms with Crippen LogP contribution in [0, 0.1) is 0 Å². The number of hydrogen-bond donors (Lipinski definition) is 0.